The number of hydrogen-bond acceptors (Lipinski definition) is 5. The normalized spacial score (nSPS) is 11.2. The molecule has 1 heterocycles. The van der Waals surface area contributed by atoms with Gasteiger partial charge in [-0.3, -0.25) is 4.79 Å². The molecule has 0 fully saturated rings. The summed E-state index contributed by atoms with van der Waals surface area (Å²) in [6, 6.07) is 12.5. The zero-order valence-corrected chi connectivity index (χ0v) is 14.3. The maximum atomic E-state index is 12.0. The van der Waals surface area contributed by atoms with Gasteiger partial charge in [0.1, 0.15) is 22.5 Å². The van der Waals surface area contributed by atoms with E-state index in [1.807, 2.05) is 43.3 Å². The fourth-order valence-electron chi connectivity index (χ4n) is 2.47. The highest BCUT2D eigenvalue weighted by Gasteiger charge is 2.11. The zero-order chi connectivity index (χ0) is 17.8. The summed E-state index contributed by atoms with van der Waals surface area (Å²) in [6.45, 7) is 1.39. The second-order valence-electron chi connectivity index (χ2n) is 6.13. The van der Waals surface area contributed by atoms with Gasteiger partial charge in [0.05, 0.1) is 6.42 Å². The van der Waals surface area contributed by atoms with Gasteiger partial charge in [-0.1, -0.05) is 18.2 Å². The number of nitrogens with zero attached hydrogens (tertiary/aromatic N) is 4. The van der Waals surface area contributed by atoms with E-state index in [-0.39, 0.29) is 18.1 Å². The summed E-state index contributed by atoms with van der Waals surface area (Å²) in [5.74, 6) is 0.00847. The molecule has 0 aliphatic rings. The van der Waals surface area contributed by atoms with Crippen molar-refractivity contribution in [2.75, 3.05) is 27.2 Å². The Balaban J connectivity index is 1.77. The lowest BCUT2D eigenvalue weighted by molar-refractivity contribution is -0.120. The molecule has 0 spiro atoms. The van der Waals surface area contributed by atoms with Crippen LogP contribution in [0.4, 0.5) is 0 Å². The lowest BCUT2D eigenvalue weighted by Crippen LogP contribution is -2.32. The van der Waals surface area contributed by atoms with Gasteiger partial charge in [-0.15, -0.1) is 15.0 Å². The van der Waals surface area contributed by atoms with Gasteiger partial charge in [0, 0.05) is 13.1 Å². The molecule has 1 amide bonds. The molecule has 7 nitrogen and oxygen atoms in total. The Morgan fingerprint density at radius 1 is 1.16 bits per heavy atom. The Morgan fingerprint density at radius 2 is 1.84 bits per heavy atom. The minimum Gasteiger partial charge on any atom is -0.506 e. The Bertz CT molecular complexity index is 855. The molecule has 0 bridgehead atoms. The second-order valence-corrected chi connectivity index (χ2v) is 6.13. The lowest BCUT2D eigenvalue weighted by Gasteiger charge is -2.11. The van der Waals surface area contributed by atoms with Crippen LogP contribution in [-0.4, -0.2) is 58.1 Å². The smallest absolute Gasteiger partial charge is 0.224 e. The maximum absolute atomic E-state index is 12.0. The first-order valence-electron chi connectivity index (χ1n) is 8.09. The molecule has 0 radical (unpaired) electrons. The average molecular weight is 339 g/mol. The number of carbonyl (C=O) groups excluding carboxylic acids is 1. The Labute approximate surface area is 145 Å². The number of fused-ring (bicyclic) bond motifs is 1. The largest absolute Gasteiger partial charge is 0.506 e. The maximum Gasteiger partial charge on any atom is 0.224 e. The molecule has 1 aromatic heterocycles. The molecule has 0 atom stereocenters. The van der Waals surface area contributed by atoms with E-state index in [1.54, 1.807) is 18.2 Å². The Kier molecular flexibility index (Phi) is 4.95. The van der Waals surface area contributed by atoms with E-state index in [1.165, 1.54) is 4.80 Å². The van der Waals surface area contributed by atoms with Crippen LogP contribution in [0.2, 0.25) is 0 Å². The molecule has 0 saturated carbocycles. The molecule has 2 N–H and O–H groups in total. The fourth-order valence-corrected chi connectivity index (χ4v) is 2.47. The number of benzene rings is 2. The van der Waals surface area contributed by atoms with Gasteiger partial charge in [-0.2, -0.15) is 0 Å². The number of phenols is 1. The van der Waals surface area contributed by atoms with Crippen molar-refractivity contribution in [1.29, 1.82) is 0 Å². The van der Waals surface area contributed by atoms with Gasteiger partial charge in [-0.05, 0) is 43.9 Å². The molecule has 3 rings (SSSR count). The van der Waals surface area contributed by atoms with E-state index < -0.39 is 0 Å². The van der Waals surface area contributed by atoms with E-state index in [0.29, 0.717) is 12.2 Å². The minimum atomic E-state index is -0.0583. The highest BCUT2D eigenvalue weighted by molar-refractivity contribution is 5.79. The van der Waals surface area contributed by atoms with Crippen LogP contribution in [0.1, 0.15) is 5.56 Å². The highest BCUT2D eigenvalue weighted by atomic mass is 16.3. The monoisotopic (exact) mass is 339 g/mol. The minimum absolute atomic E-state index is 0.0583. The second kappa shape index (κ2) is 7.31. The van der Waals surface area contributed by atoms with Crippen molar-refractivity contribution >= 4 is 16.9 Å². The number of carbonyl (C=O) groups is 1. The SMILES string of the molecule is CN(C)CCNC(=O)Cc1ccc(O)c(-n2nc3ccccc3n2)c1. The quantitative estimate of drug-likeness (QED) is 0.708. The van der Waals surface area contributed by atoms with Crippen molar-refractivity contribution in [3.63, 3.8) is 0 Å². The van der Waals surface area contributed by atoms with Gasteiger partial charge in [0.15, 0.2) is 0 Å². The van der Waals surface area contributed by atoms with Crippen molar-refractivity contribution in [3.8, 4) is 11.4 Å². The first kappa shape index (κ1) is 16.9. The molecular weight excluding hydrogens is 318 g/mol. The number of rotatable bonds is 6. The van der Waals surface area contributed by atoms with Crippen molar-refractivity contribution in [2.45, 2.75) is 6.42 Å². The Morgan fingerprint density at radius 3 is 2.48 bits per heavy atom. The molecule has 25 heavy (non-hydrogen) atoms. The van der Waals surface area contributed by atoms with E-state index >= 15 is 0 Å². The van der Waals surface area contributed by atoms with Gasteiger partial charge in [0.25, 0.3) is 0 Å². The number of phenolic OH excluding ortho intramolecular Hbond substituents is 1. The molecule has 3 aromatic rings. The molecular formula is C18H21N5O2. The molecule has 0 aliphatic carbocycles. The van der Waals surface area contributed by atoms with E-state index in [0.717, 1.165) is 23.1 Å². The summed E-state index contributed by atoms with van der Waals surface area (Å²) in [4.78, 5) is 15.4. The topological polar surface area (TPSA) is 83.3 Å². The molecule has 0 aliphatic heterocycles. The zero-order valence-electron chi connectivity index (χ0n) is 14.3. The molecule has 2 aromatic carbocycles. The standard InChI is InChI=1S/C18H21N5O2/c1-22(2)10-9-19-18(25)12-13-7-8-17(24)16(11-13)23-20-14-5-3-4-6-15(14)21-23/h3-8,11,24H,9-10,12H2,1-2H3,(H,19,25). The predicted octanol–water partition coefficient (Wildman–Crippen LogP) is 1.35. The summed E-state index contributed by atoms with van der Waals surface area (Å²) in [5, 5.41) is 21.8. The van der Waals surface area contributed by atoms with Crippen LogP contribution in [0, 0.1) is 0 Å². The first-order chi connectivity index (χ1) is 12.0. The van der Waals surface area contributed by atoms with Crippen molar-refractivity contribution < 1.29 is 9.90 Å². The number of likely N-dealkylation sites (N-methyl/N-ethyl adjacent to an activating group) is 1. The number of hydrogen-bond donors (Lipinski definition) is 2. The summed E-state index contributed by atoms with van der Waals surface area (Å²) in [7, 11) is 3.92. The number of aromatic nitrogens is 3. The van der Waals surface area contributed by atoms with Gasteiger partial charge in [0.2, 0.25) is 5.91 Å². The molecule has 0 saturated heterocycles. The van der Waals surface area contributed by atoms with Gasteiger partial charge in [-0.25, -0.2) is 0 Å². The van der Waals surface area contributed by atoms with Gasteiger partial charge < -0.3 is 15.3 Å². The first-order valence-corrected chi connectivity index (χ1v) is 8.09. The van der Waals surface area contributed by atoms with Crippen molar-refractivity contribution in [2.24, 2.45) is 0 Å². The molecule has 7 heteroatoms. The van der Waals surface area contributed by atoms with E-state index in [2.05, 4.69) is 15.5 Å². The number of nitrogens with one attached hydrogen (secondary N) is 1. The van der Waals surface area contributed by atoms with Crippen molar-refractivity contribution in [1.82, 2.24) is 25.2 Å². The molecule has 0 unspecified atom stereocenters. The predicted molar refractivity (Wildman–Crippen MR) is 95.8 cm³/mol. The third-order valence-corrected chi connectivity index (χ3v) is 3.79. The summed E-state index contributed by atoms with van der Waals surface area (Å²) in [5.41, 5.74) is 2.73. The van der Waals surface area contributed by atoms with Crippen LogP contribution in [0.3, 0.4) is 0 Å². The summed E-state index contributed by atoms with van der Waals surface area (Å²) >= 11 is 0. The van der Waals surface area contributed by atoms with E-state index in [4.69, 9.17) is 0 Å². The van der Waals surface area contributed by atoms with Crippen LogP contribution in [0.25, 0.3) is 16.7 Å². The average Bonchev–Trinajstić information content (AvgIpc) is 3.00. The van der Waals surface area contributed by atoms with Gasteiger partial charge >= 0.3 is 0 Å². The van der Waals surface area contributed by atoms with E-state index in [9.17, 15) is 9.90 Å². The number of amides is 1. The highest BCUT2D eigenvalue weighted by Crippen LogP contribution is 2.23. The summed E-state index contributed by atoms with van der Waals surface area (Å²) < 4.78 is 0. The molecule has 130 valence electrons. The van der Waals surface area contributed by atoms with Crippen LogP contribution in [0.15, 0.2) is 42.5 Å². The lowest BCUT2D eigenvalue weighted by atomic mass is 10.1. The third-order valence-electron chi connectivity index (χ3n) is 3.79. The van der Waals surface area contributed by atoms with Crippen LogP contribution in [-0.2, 0) is 11.2 Å². The third kappa shape index (κ3) is 4.13. The Hall–Kier alpha value is -2.93. The van der Waals surface area contributed by atoms with Crippen LogP contribution in [0.5, 0.6) is 5.75 Å². The van der Waals surface area contributed by atoms with Crippen LogP contribution < -0.4 is 5.32 Å². The fraction of sp³-hybridized carbons (Fsp3) is 0.278. The number of aromatic hydroxyl groups is 1. The van der Waals surface area contributed by atoms with Crippen LogP contribution >= 0.6 is 0 Å². The van der Waals surface area contributed by atoms with Crippen molar-refractivity contribution in [3.05, 3.63) is 48.0 Å². The summed E-state index contributed by atoms with van der Waals surface area (Å²) in [6.07, 6.45) is 0.238.